The Morgan fingerprint density at radius 1 is 1.21 bits per heavy atom. The maximum absolute atomic E-state index is 11.5. The molecule has 0 fully saturated rings. The highest BCUT2D eigenvalue weighted by Gasteiger charge is 2.08. The van der Waals surface area contributed by atoms with Crippen molar-refractivity contribution >= 4 is 11.9 Å². The van der Waals surface area contributed by atoms with Gasteiger partial charge in [-0.25, -0.2) is 0 Å². The first-order valence-electron chi connectivity index (χ1n) is 8.39. The van der Waals surface area contributed by atoms with E-state index >= 15 is 0 Å². The van der Waals surface area contributed by atoms with Crippen LogP contribution in [0.5, 0.6) is 5.75 Å². The summed E-state index contributed by atoms with van der Waals surface area (Å²) < 4.78 is 5.45. The van der Waals surface area contributed by atoms with E-state index < -0.39 is 0 Å². The average Bonchev–Trinajstić information content (AvgIpc) is 2.56. The molecule has 0 saturated heterocycles. The first-order valence-corrected chi connectivity index (χ1v) is 8.39. The number of nitrogens with zero attached hydrogens (tertiary/aromatic N) is 2. The predicted molar refractivity (Wildman–Crippen MR) is 98.3 cm³/mol. The van der Waals surface area contributed by atoms with E-state index in [-0.39, 0.29) is 11.8 Å². The minimum atomic E-state index is 0.00615. The van der Waals surface area contributed by atoms with Gasteiger partial charge in [-0.15, -0.1) is 0 Å². The molecule has 0 atom stereocenters. The summed E-state index contributed by atoms with van der Waals surface area (Å²) in [6.45, 7) is 8.36. The number of nitrogens with one attached hydrogen (secondary N) is 2. The molecule has 0 aliphatic heterocycles. The van der Waals surface area contributed by atoms with E-state index in [0.29, 0.717) is 19.7 Å². The van der Waals surface area contributed by atoms with Crippen LogP contribution in [0.4, 0.5) is 0 Å². The zero-order valence-corrected chi connectivity index (χ0v) is 15.4. The SMILES string of the molecule is CCOc1ccc(CN(C)C(=NC)NCCNC(=O)C(C)C)cc1. The molecule has 1 rings (SSSR count). The minimum Gasteiger partial charge on any atom is -0.494 e. The Hall–Kier alpha value is -2.24. The first-order chi connectivity index (χ1) is 11.5. The highest BCUT2D eigenvalue weighted by molar-refractivity contribution is 5.80. The molecule has 0 aromatic heterocycles. The molecule has 1 aromatic rings. The van der Waals surface area contributed by atoms with Crippen molar-refractivity contribution in [2.75, 3.05) is 33.8 Å². The number of carbonyl (C=O) groups is 1. The fraction of sp³-hybridized carbons (Fsp3) is 0.556. The van der Waals surface area contributed by atoms with Gasteiger partial charge in [0, 0.05) is 39.6 Å². The van der Waals surface area contributed by atoms with Crippen LogP contribution in [0, 0.1) is 5.92 Å². The van der Waals surface area contributed by atoms with Crippen LogP contribution < -0.4 is 15.4 Å². The molecular formula is C18H30N4O2. The van der Waals surface area contributed by atoms with Crippen LogP contribution in [-0.4, -0.2) is 50.6 Å². The Balaban J connectivity index is 2.43. The molecule has 1 aromatic carbocycles. The quantitative estimate of drug-likeness (QED) is 0.433. The fourth-order valence-corrected chi connectivity index (χ4v) is 2.16. The lowest BCUT2D eigenvalue weighted by Gasteiger charge is -2.22. The van der Waals surface area contributed by atoms with E-state index in [0.717, 1.165) is 18.3 Å². The Morgan fingerprint density at radius 2 is 1.83 bits per heavy atom. The number of aliphatic imine (C=N–C) groups is 1. The van der Waals surface area contributed by atoms with Crippen molar-refractivity contribution in [1.82, 2.24) is 15.5 Å². The molecule has 0 aliphatic carbocycles. The van der Waals surface area contributed by atoms with E-state index in [1.165, 1.54) is 5.56 Å². The van der Waals surface area contributed by atoms with Crippen molar-refractivity contribution in [2.45, 2.75) is 27.3 Å². The van der Waals surface area contributed by atoms with Gasteiger partial charge in [0.25, 0.3) is 0 Å². The second-order valence-corrected chi connectivity index (χ2v) is 5.85. The Kier molecular flexibility index (Phi) is 8.68. The van der Waals surface area contributed by atoms with E-state index in [9.17, 15) is 4.79 Å². The fourth-order valence-electron chi connectivity index (χ4n) is 2.16. The summed E-state index contributed by atoms with van der Waals surface area (Å²) >= 11 is 0. The lowest BCUT2D eigenvalue weighted by Crippen LogP contribution is -2.42. The highest BCUT2D eigenvalue weighted by Crippen LogP contribution is 2.13. The van der Waals surface area contributed by atoms with Gasteiger partial charge in [-0.05, 0) is 24.6 Å². The standard InChI is InChI=1S/C18H30N4O2/c1-6-24-16-9-7-15(8-10-16)13-22(5)18(19-4)21-12-11-20-17(23)14(2)3/h7-10,14H,6,11-13H2,1-5H3,(H,19,21)(H,20,23). The number of rotatable bonds is 8. The molecule has 0 aliphatic rings. The molecule has 1 amide bonds. The molecule has 0 bridgehead atoms. The second kappa shape index (κ2) is 10.5. The van der Waals surface area contributed by atoms with Crippen LogP contribution in [-0.2, 0) is 11.3 Å². The Labute approximate surface area is 145 Å². The van der Waals surface area contributed by atoms with Crippen molar-refractivity contribution in [1.29, 1.82) is 0 Å². The summed E-state index contributed by atoms with van der Waals surface area (Å²) in [6, 6.07) is 8.06. The van der Waals surface area contributed by atoms with Gasteiger partial charge in [0.1, 0.15) is 5.75 Å². The second-order valence-electron chi connectivity index (χ2n) is 5.85. The summed E-state index contributed by atoms with van der Waals surface area (Å²) in [5.74, 6) is 1.75. The van der Waals surface area contributed by atoms with Crippen molar-refractivity contribution in [3.8, 4) is 5.75 Å². The van der Waals surface area contributed by atoms with Gasteiger partial charge in [-0.2, -0.15) is 0 Å². The average molecular weight is 334 g/mol. The van der Waals surface area contributed by atoms with Gasteiger partial charge < -0.3 is 20.3 Å². The number of hydrogen-bond acceptors (Lipinski definition) is 3. The molecule has 134 valence electrons. The normalized spacial score (nSPS) is 11.3. The van der Waals surface area contributed by atoms with Gasteiger partial charge >= 0.3 is 0 Å². The maximum atomic E-state index is 11.5. The molecular weight excluding hydrogens is 304 g/mol. The van der Waals surface area contributed by atoms with Crippen molar-refractivity contribution in [2.24, 2.45) is 10.9 Å². The molecule has 0 radical (unpaired) electrons. The number of hydrogen-bond donors (Lipinski definition) is 2. The molecule has 0 heterocycles. The number of benzene rings is 1. The zero-order valence-electron chi connectivity index (χ0n) is 15.4. The van der Waals surface area contributed by atoms with Gasteiger partial charge in [-0.1, -0.05) is 26.0 Å². The van der Waals surface area contributed by atoms with E-state index in [1.807, 2.05) is 44.9 Å². The zero-order chi connectivity index (χ0) is 17.9. The van der Waals surface area contributed by atoms with Crippen LogP contribution in [0.2, 0.25) is 0 Å². The molecule has 6 nitrogen and oxygen atoms in total. The summed E-state index contributed by atoms with van der Waals surface area (Å²) in [5, 5.41) is 6.13. The van der Waals surface area contributed by atoms with Gasteiger partial charge in [0.15, 0.2) is 5.96 Å². The third-order valence-electron chi connectivity index (χ3n) is 3.46. The summed E-state index contributed by atoms with van der Waals surface area (Å²) in [4.78, 5) is 17.8. The lowest BCUT2D eigenvalue weighted by atomic mass is 10.2. The molecule has 6 heteroatoms. The molecule has 0 unspecified atom stereocenters. The topological polar surface area (TPSA) is 66.0 Å². The molecule has 0 saturated carbocycles. The predicted octanol–water partition coefficient (Wildman–Crippen LogP) is 1.86. The minimum absolute atomic E-state index is 0.00615. The van der Waals surface area contributed by atoms with Crippen LogP contribution in [0.25, 0.3) is 0 Å². The lowest BCUT2D eigenvalue weighted by molar-refractivity contribution is -0.123. The maximum Gasteiger partial charge on any atom is 0.222 e. The van der Waals surface area contributed by atoms with E-state index in [1.54, 1.807) is 7.05 Å². The largest absolute Gasteiger partial charge is 0.494 e. The number of guanidine groups is 1. The van der Waals surface area contributed by atoms with Crippen LogP contribution in [0.3, 0.4) is 0 Å². The number of carbonyl (C=O) groups excluding carboxylic acids is 1. The molecule has 2 N–H and O–H groups in total. The van der Waals surface area contributed by atoms with Crippen molar-refractivity contribution < 1.29 is 9.53 Å². The van der Waals surface area contributed by atoms with Crippen LogP contribution in [0.15, 0.2) is 29.3 Å². The van der Waals surface area contributed by atoms with E-state index in [4.69, 9.17) is 4.74 Å². The van der Waals surface area contributed by atoms with Crippen molar-refractivity contribution in [3.63, 3.8) is 0 Å². The Morgan fingerprint density at radius 3 is 2.38 bits per heavy atom. The molecule has 0 spiro atoms. The van der Waals surface area contributed by atoms with Gasteiger partial charge in [0.05, 0.1) is 6.61 Å². The van der Waals surface area contributed by atoms with Gasteiger partial charge in [-0.3, -0.25) is 9.79 Å². The first kappa shape index (κ1) is 19.8. The van der Waals surface area contributed by atoms with E-state index in [2.05, 4.69) is 27.8 Å². The summed E-state index contributed by atoms with van der Waals surface area (Å²) in [7, 11) is 3.74. The van der Waals surface area contributed by atoms with Crippen molar-refractivity contribution in [3.05, 3.63) is 29.8 Å². The number of ether oxygens (including phenoxy) is 1. The third-order valence-corrected chi connectivity index (χ3v) is 3.46. The smallest absolute Gasteiger partial charge is 0.222 e. The summed E-state index contributed by atoms with van der Waals surface area (Å²) in [6.07, 6.45) is 0. The summed E-state index contributed by atoms with van der Waals surface area (Å²) in [5.41, 5.74) is 1.18. The molecule has 24 heavy (non-hydrogen) atoms. The van der Waals surface area contributed by atoms with Crippen LogP contribution in [0.1, 0.15) is 26.3 Å². The highest BCUT2D eigenvalue weighted by atomic mass is 16.5. The monoisotopic (exact) mass is 334 g/mol. The van der Waals surface area contributed by atoms with Gasteiger partial charge in [0.2, 0.25) is 5.91 Å². The van der Waals surface area contributed by atoms with Crippen LogP contribution >= 0.6 is 0 Å². The number of amides is 1. The Bertz CT molecular complexity index is 526. The third kappa shape index (κ3) is 6.89.